The Balaban J connectivity index is 1.43. The van der Waals surface area contributed by atoms with Gasteiger partial charge in [-0.3, -0.25) is 4.79 Å². The highest BCUT2D eigenvalue weighted by Gasteiger charge is 2.35. The summed E-state index contributed by atoms with van der Waals surface area (Å²) in [7, 11) is 1.99. The van der Waals surface area contributed by atoms with E-state index < -0.39 is 6.09 Å². The molecular formula is C20H23N5O3. The number of ether oxygens (including phenoxy) is 1. The fourth-order valence-corrected chi connectivity index (χ4v) is 3.63. The smallest absolute Gasteiger partial charge is 0.411 e. The van der Waals surface area contributed by atoms with E-state index >= 15 is 0 Å². The van der Waals surface area contributed by atoms with Gasteiger partial charge in [-0.2, -0.15) is 0 Å². The molecule has 8 heteroatoms. The van der Waals surface area contributed by atoms with E-state index in [0.29, 0.717) is 31.8 Å². The fraction of sp³-hybridized carbons (Fsp3) is 0.350. The number of benzene rings is 1. The molecule has 3 heterocycles. The minimum atomic E-state index is -0.420. The minimum absolute atomic E-state index is 0.0101. The topological polar surface area (TPSA) is 70.9 Å². The summed E-state index contributed by atoms with van der Waals surface area (Å²) in [5.74, 6) is -0.0101. The van der Waals surface area contributed by atoms with Crippen molar-refractivity contribution in [3.8, 4) is 0 Å². The second kappa shape index (κ2) is 7.75. The van der Waals surface area contributed by atoms with E-state index in [9.17, 15) is 9.59 Å². The van der Waals surface area contributed by atoms with Crippen LogP contribution in [0.15, 0.2) is 60.3 Å². The third kappa shape index (κ3) is 3.71. The third-order valence-electron chi connectivity index (χ3n) is 5.08. The molecule has 0 atom stereocenters. The Hall–Kier alpha value is -3.29. The Morgan fingerprint density at radius 2 is 2.07 bits per heavy atom. The molecule has 0 radical (unpaired) electrons. The average molecular weight is 381 g/mol. The average Bonchev–Trinajstić information content (AvgIpc) is 3.24. The molecule has 0 saturated carbocycles. The zero-order valence-corrected chi connectivity index (χ0v) is 15.8. The van der Waals surface area contributed by atoms with Crippen LogP contribution in [0.25, 0.3) is 0 Å². The first-order chi connectivity index (χ1) is 13.6. The molecule has 8 nitrogen and oxygen atoms in total. The van der Waals surface area contributed by atoms with E-state index in [4.69, 9.17) is 4.74 Å². The molecule has 2 aliphatic heterocycles. The Morgan fingerprint density at radius 3 is 2.82 bits per heavy atom. The van der Waals surface area contributed by atoms with Crippen LogP contribution in [0.2, 0.25) is 0 Å². The van der Waals surface area contributed by atoms with Crippen molar-refractivity contribution in [1.82, 2.24) is 24.3 Å². The number of nitrogens with zero attached hydrogens (tertiary/aromatic N) is 5. The zero-order valence-electron chi connectivity index (χ0n) is 15.8. The summed E-state index contributed by atoms with van der Waals surface area (Å²) in [4.78, 5) is 34.9. The van der Waals surface area contributed by atoms with Gasteiger partial charge in [-0.05, 0) is 5.56 Å². The second-order valence-electron chi connectivity index (χ2n) is 7.04. The van der Waals surface area contributed by atoms with Gasteiger partial charge in [0.05, 0.1) is 25.1 Å². The largest absolute Gasteiger partial charge is 0.428 e. The highest BCUT2D eigenvalue weighted by atomic mass is 16.6. The maximum Gasteiger partial charge on any atom is 0.411 e. The van der Waals surface area contributed by atoms with Gasteiger partial charge in [-0.15, -0.1) is 0 Å². The maximum absolute atomic E-state index is 13.1. The van der Waals surface area contributed by atoms with Gasteiger partial charge >= 0.3 is 6.09 Å². The third-order valence-corrected chi connectivity index (χ3v) is 5.08. The van der Waals surface area contributed by atoms with Gasteiger partial charge in [0.1, 0.15) is 0 Å². The molecule has 4 rings (SSSR count). The summed E-state index contributed by atoms with van der Waals surface area (Å²) in [5.41, 5.74) is 2.78. The number of amides is 2. The molecule has 1 aromatic heterocycles. The van der Waals surface area contributed by atoms with Gasteiger partial charge in [-0.25, -0.2) is 9.78 Å². The number of hydrogen-bond donors (Lipinski definition) is 0. The molecule has 0 spiro atoms. The number of hydrogen-bond acceptors (Lipinski definition) is 5. The first-order valence-electron chi connectivity index (χ1n) is 9.25. The Kier molecular flexibility index (Phi) is 5.01. The summed E-state index contributed by atoms with van der Waals surface area (Å²) in [6.07, 6.45) is 5.17. The van der Waals surface area contributed by atoms with Crippen LogP contribution in [0.1, 0.15) is 12.0 Å². The van der Waals surface area contributed by atoms with Crippen molar-refractivity contribution in [3.63, 3.8) is 0 Å². The molecule has 0 aliphatic carbocycles. The molecular weight excluding hydrogens is 358 g/mol. The van der Waals surface area contributed by atoms with Crippen LogP contribution in [-0.2, 0) is 22.8 Å². The summed E-state index contributed by atoms with van der Waals surface area (Å²) in [5, 5.41) is 0. The van der Waals surface area contributed by atoms with Gasteiger partial charge in [-0.1, -0.05) is 30.3 Å². The van der Waals surface area contributed by atoms with E-state index in [1.165, 1.54) is 0 Å². The molecule has 1 aromatic carbocycles. The second-order valence-corrected chi connectivity index (χ2v) is 7.04. The van der Waals surface area contributed by atoms with Crippen molar-refractivity contribution < 1.29 is 14.3 Å². The first kappa shape index (κ1) is 18.1. The van der Waals surface area contributed by atoms with Crippen molar-refractivity contribution in [3.05, 3.63) is 65.9 Å². The quantitative estimate of drug-likeness (QED) is 0.809. The predicted octanol–water partition coefficient (Wildman–Crippen LogP) is 1.87. The van der Waals surface area contributed by atoms with E-state index in [1.54, 1.807) is 28.2 Å². The minimum Gasteiger partial charge on any atom is -0.428 e. The molecule has 2 amide bonds. The number of carbonyl (C=O) groups is 2. The van der Waals surface area contributed by atoms with Gasteiger partial charge in [0.2, 0.25) is 0 Å². The van der Waals surface area contributed by atoms with Gasteiger partial charge < -0.3 is 24.0 Å². The van der Waals surface area contributed by atoms with Crippen LogP contribution in [-0.4, -0.2) is 63.1 Å². The Morgan fingerprint density at radius 1 is 1.25 bits per heavy atom. The van der Waals surface area contributed by atoms with E-state index in [1.807, 2.05) is 42.3 Å². The van der Waals surface area contributed by atoms with Crippen LogP contribution in [0.5, 0.6) is 0 Å². The Labute approximate surface area is 163 Å². The zero-order chi connectivity index (χ0) is 19.5. The molecule has 2 aromatic rings. The molecule has 0 fully saturated rings. The summed E-state index contributed by atoms with van der Waals surface area (Å²) >= 11 is 0. The van der Waals surface area contributed by atoms with Crippen LogP contribution < -0.4 is 0 Å². The lowest BCUT2D eigenvalue weighted by molar-refractivity contribution is -0.131. The maximum atomic E-state index is 13.1. The normalized spacial score (nSPS) is 17.0. The number of rotatable bonds is 4. The highest BCUT2D eigenvalue weighted by Crippen LogP contribution is 2.27. The lowest BCUT2D eigenvalue weighted by Gasteiger charge is -2.41. The highest BCUT2D eigenvalue weighted by molar-refractivity contribution is 5.96. The molecule has 0 unspecified atom stereocenters. The van der Waals surface area contributed by atoms with Crippen molar-refractivity contribution in [2.45, 2.75) is 19.7 Å². The van der Waals surface area contributed by atoms with Crippen molar-refractivity contribution in [2.24, 2.45) is 0 Å². The molecule has 146 valence electrons. The summed E-state index contributed by atoms with van der Waals surface area (Å²) in [6, 6.07) is 9.92. The van der Waals surface area contributed by atoms with Gasteiger partial charge in [0.15, 0.2) is 6.73 Å². The molecule has 28 heavy (non-hydrogen) atoms. The van der Waals surface area contributed by atoms with E-state index in [-0.39, 0.29) is 19.2 Å². The van der Waals surface area contributed by atoms with Crippen LogP contribution in [0, 0.1) is 0 Å². The lowest BCUT2D eigenvalue weighted by atomic mass is 10.0. The number of aromatic nitrogens is 2. The lowest BCUT2D eigenvalue weighted by Crippen LogP contribution is -2.51. The molecule has 0 N–H and O–H groups in total. The van der Waals surface area contributed by atoms with Crippen molar-refractivity contribution in [2.75, 3.05) is 26.8 Å². The molecule has 2 aliphatic rings. The molecule has 0 saturated heterocycles. The van der Waals surface area contributed by atoms with Crippen LogP contribution >= 0.6 is 0 Å². The standard InChI is InChI=1S/C20H23N5O3/c1-22-14-25(11-16-5-3-2-4-6-16)19(26)17-12-24(9-7-18(17)22)20(27)28-15-23-10-8-21-13-23/h2-6,8,10,13H,7,9,11-12,14-15H2,1H3. The Bertz CT molecular complexity index is 879. The van der Waals surface area contributed by atoms with Crippen LogP contribution in [0.4, 0.5) is 4.79 Å². The number of imidazole rings is 1. The molecule has 0 bridgehead atoms. The fourth-order valence-electron chi connectivity index (χ4n) is 3.63. The predicted molar refractivity (Wildman–Crippen MR) is 102 cm³/mol. The monoisotopic (exact) mass is 381 g/mol. The van der Waals surface area contributed by atoms with Gasteiger partial charge in [0, 0.05) is 44.6 Å². The number of carbonyl (C=O) groups excluding carboxylic acids is 2. The van der Waals surface area contributed by atoms with Crippen molar-refractivity contribution >= 4 is 12.0 Å². The first-order valence-corrected chi connectivity index (χ1v) is 9.25. The summed E-state index contributed by atoms with van der Waals surface area (Å²) in [6.45, 7) is 2.02. The van der Waals surface area contributed by atoms with E-state index in [0.717, 1.165) is 11.3 Å². The SMILES string of the molecule is CN1CN(Cc2ccccc2)C(=O)C2=C1CCN(C(=O)OCn1ccnc1)C2. The van der Waals surface area contributed by atoms with E-state index in [2.05, 4.69) is 9.88 Å². The van der Waals surface area contributed by atoms with Crippen LogP contribution in [0.3, 0.4) is 0 Å². The summed E-state index contributed by atoms with van der Waals surface area (Å²) < 4.78 is 7.01. The van der Waals surface area contributed by atoms with Crippen molar-refractivity contribution in [1.29, 1.82) is 0 Å². The van der Waals surface area contributed by atoms with Gasteiger partial charge in [0.25, 0.3) is 5.91 Å².